The van der Waals surface area contributed by atoms with Gasteiger partial charge in [0, 0.05) is 19.6 Å². The predicted molar refractivity (Wildman–Crippen MR) is 124 cm³/mol. The number of aromatic nitrogens is 2. The highest BCUT2D eigenvalue weighted by Gasteiger charge is 2.26. The number of nitrogens with one attached hydrogen (secondary N) is 1. The quantitative estimate of drug-likeness (QED) is 0.566. The fourth-order valence-corrected chi connectivity index (χ4v) is 4.32. The molecule has 1 N–H and O–H groups in total. The fraction of sp³-hybridized carbons (Fsp3) is 0.333. The molecule has 33 heavy (non-hydrogen) atoms. The van der Waals surface area contributed by atoms with Crippen molar-refractivity contribution in [2.45, 2.75) is 13.0 Å². The third-order valence-electron chi connectivity index (χ3n) is 5.75. The van der Waals surface area contributed by atoms with Gasteiger partial charge in [-0.25, -0.2) is 9.07 Å². The molecule has 7 nitrogen and oxygen atoms in total. The van der Waals surface area contributed by atoms with E-state index in [1.54, 1.807) is 26.2 Å². The molecule has 0 radical (unpaired) electrons. The van der Waals surface area contributed by atoms with Crippen LogP contribution in [0.5, 0.6) is 5.75 Å². The summed E-state index contributed by atoms with van der Waals surface area (Å²) in [6.07, 6.45) is 0. The number of methoxy groups -OCH3 is 1. The minimum absolute atomic E-state index is 0.0324. The Kier molecular flexibility index (Phi) is 7.27. The molecule has 0 saturated carbocycles. The van der Waals surface area contributed by atoms with Gasteiger partial charge in [0.05, 0.1) is 43.3 Å². The van der Waals surface area contributed by atoms with E-state index in [0.29, 0.717) is 36.7 Å². The minimum atomic E-state index is -0.357. The summed E-state index contributed by atoms with van der Waals surface area (Å²) in [4.78, 5) is 15.4. The number of aryl methyl sites for hydroxylation is 1. The molecule has 1 unspecified atom stereocenters. The molecule has 3 aromatic rings. The Hall–Kier alpha value is -2.94. The van der Waals surface area contributed by atoms with Gasteiger partial charge in [0.15, 0.2) is 0 Å². The number of halogens is 2. The van der Waals surface area contributed by atoms with Gasteiger partial charge in [-0.15, -0.1) is 0 Å². The lowest BCUT2D eigenvalue weighted by Crippen LogP contribution is -2.43. The van der Waals surface area contributed by atoms with E-state index in [-0.39, 0.29) is 22.9 Å². The van der Waals surface area contributed by atoms with Crippen LogP contribution in [0.25, 0.3) is 5.69 Å². The third kappa shape index (κ3) is 5.19. The SMILES string of the molecule is COc1ccc(C(CNC(=O)c2c(C)nn(-c3ccc(F)cc3)c2Cl)N2CCOCC2)cc1. The molecule has 174 valence electrons. The summed E-state index contributed by atoms with van der Waals surface area (Å²) in [5.41, 5.74) is 2.45. The first-order valence-corrected chi connectivity index (χ1v) is 11.1. The molecule has 2 heterocycles. The highest BCUT2D eigenvalue weighted by Crippen LogP contribution is 2.26. The average molecular weight is 473 g/mol. The zero-order valence-corrected chi connectivity index (χ0v) is 19.3. The topological polar surface area (TPSA) is 68.6 Å². The summed E-state index contributed by atoms with van der Waals surface area (Å²) in [6, 6.07) is 13.6. The number of ether oxygens (including phenoxy) is 2. The first-order valence-electron chi connectivity index (χ1n) is 10.7. The van der Waals surface area contributed by atoms with Gasteiger partial charge >= 0.3 is 0 Å². The van der Waals surface area contributed by atoms with E-state index in [9.17, 15) is 9.18 Å². The van der Waals surface area contributed by atoms with Crippen molar-refractivity contribution in [1.82, 2.24) is 20.0 Å². The van der Waals surface area contributed by atoms with Crippen molar-refractivity contribution < 1.29 is 18.7 Å². The van der Waals surface area contributed by atoms with Crippen LogP contribution >= 0.6 is 11.6 Å². The third-order valence-corrected chi connectivity index (χ3v) is 6.09. The van der Waals surface area contributed by atoms with Crippen molar-refractivity contribution in [3.63, 3.8) is 0 Å². The van der Waals surface area contributed by atoms with Crippen LogP contribution in [0.2, 0.25) is 5.15 Å². The predicted octanol–water partition coefficient (Wildman–Crippen LogP) is 3.79. The molecule has 1 atom stereocenters. The number of carbonyl (C=O) groups excluding carboxylic acids is 1. The van der Waals surface area contributed by atoms with Crippen LogP contribution in [0.3, 0.4) is 0 Å². The van der Waals surface area contributed by atoms with Gasteiger partial charge in [-0.3, -0.25) is 9.69 Å². The summed E-state index contributed by atoms with van der Waals surface area (Å²) in [5, 5.41) is 7.60. The summed E-state index contributed by atoms with van der Waals surface area (Å²) < 4.78 is 25.5. The van der Waals surface area contributed by atoms with Gasteiger partial charge in [-0.05, 0) is 48.9 Å². The molecule has 0 bridgehead atoms. The number of nitrogens with zero attached hydrogens (tertiary/aromatic N) is 3. The molecule has 9 heteroatoms. The van der Waals surface area contributed by atoms with E-state index >= 15 is 0 Å². The second-order valence-electron chi connectivity index (χ2n) is 7.79. The monoisotopic (exact) mass is 472 g/mol. The van der Waals surface area contributed by atoms with E-state index < -0.39 is 0 Å². The van der Waals surface area contributed by atoms with Gasteiger partial charge < -0.3 is 14.8 Å². The maximum absolute atomic E-state index is 13.3. The van der Waals surface area contributed by atoms with Crippen molar-refractivity contribution in [2.75, 3.05) is 40.0 Å². The smallest absolute Gasteiger partial charge is 0.256 e. The van der Waals surface area contributed by atoms with Crippen LogP contribution in [0.1, 0.15) is 27.7 Å². The largest absolute Gasteiger partial charge is 0.497 e. The van der Waals surface area contributed by atoms with Gasteiger partial charge in [0.25, 0.3) is 5.91 Å². The van der Waals surface area contributed by atoms with Gasteiger partial charge in [0.2, 0.25) is 0 Å². The lowest BCUT2D eigenvalue weighted by molar-refractivity contribution is 0.0162. The van der Waals surface area contributed by atoms with E-state index in [4.69, 9.17) is 21.1 Å². The van der Waals surface area contributed by atoms with Crippen molar-refractivity contribution in [3.8, 4) is 11.4 Å². The van der Waals surface area contributed by atoms with E-state index in [2.05, 4.69) is 15.3 Å². The molecular formula is C24H26ClFN4O3. The van der Waals surface area contributed by atoms with E-state index in [0.717, 1.165) is 24.4 Å². The Balaban J connectivity index is 1.54. The molecule has 4 rings (SSSR count). The number of morpholine rings is 1. The molecular weight excluding hydrogens is 447 g/mol. The van der Waals surface area contributed by atoms with Gasteiger partial charge in [-0.2, -0.15) is 5.10 Å². The van der Waals surface area contributed by atoms with Gasteiger partial charge in [0.1, 0.15) is 16.7 Å². The van der Waals surface area contributed by atoms with Crippen LogP contribution < -0.4 is 10.1 Å². The molecule has 1 amide bonds. The number of amides is 1. The first kappa shape index (κ1) is 23.2. The first-order chi connectivity index (χ1) is 16.0. The molecule has 0 aliphatic carbocycles. The minimum Gasteiger partial charge on any atom is -0.497 e. The number of hydrogen-bond acceptors (Lipinski definition) is 5. The average Bonchev–Trinajstić information content (AvgIpc) is 3.14. The normalized spacial score (nSPS) is 15.3. The maximum Gasteiger partial charge on any atom is 0.256 e. The standard InChI is InChI=1S/C24H26ClFN4O3/c1-16-22(23(25)30(28-16)19-7-5-18(26)6-8-19)24(31)27-15-21(29-11-13-33-14-12-29)17-3-9-20(32-2)10-4-17/h3-10,21H,11-15H2,1-2H3,(H,27,31). The van der Waals surface area contributed by atoms with Crippen LogP contribution in [-0.2, 0) is 4.74 Å². The van der Waals surface area contributed by atoms with Crippen LogP contribution in [0, 0.1) is 12.7 Å². The van der Waals surface area contributed by atoms with Crippen LogP contribution in [0.4, 0.5) is 4.39 Å². The van der Waals surface area contributed by atoms with Crippen molar-refractivity contribution in [3.05, 3.63) is 76.3 Å². The lowest BCUT2D eigenvalue weighted by Gasteiger charge is -2.35. The molecule has 1 fully saturated rings. The number of carbonyl (C=O) groups is 1. The highest BCUT2D eigenvalue weighted by atomic mass is 35.5. The lowest BCUT2D eigenvalue weighted by atomic mass is 10.0. The van der Waals surface area contributed by atoms with Crippen LogP contribution in [0.15, 0.2) is 48.5 Å². The summed E-state index contributed by atoms with van der Waals surface area (Å²) in [6.45, 7) is 4.96. The molecule has 1 aliphatic rings. The molecule has 1 aromatic heterocycles. The number of benzene rings is 2. The molecule has 1 saturated heterocycles. The van der Waals surface area contributed by atoms with Crippen molar-refractivity contribution in [2.24, 2.45) is 0 Å². The van der Waals surface area contributed by atoms with Gasteiger partial charge in [-0.1, -0.05) is 23.7 Å². The second kappa shape index (κ2) is 10.3. The van der Waals surface area contributed by atoms with E-state index in [1.165, 1.54) is 16.8 Å². The Morgan fingerprint density at radius 1 is 1.18 bits per heavy atom. The molecule has 2 aromatic carbocycles. The van der Waals surface area contributed by atoms with Crippen molar-refractivity contribution in [1.29, 1.82) is 0 Å². The molecule has 1 aliphatic heterocycles. The Morgan fingerprint density at radius 3 is 2.48 bits per heavy atom. The summed E-state index contributed by atoms with van der Waals surface area (Å²) in [7, 11) is 1.63. The Labute approximate surface area is 197 Å². The van der Waals surface area contributed by atoms with Crippen LogP contribution in [-0.4, -0.2) is 60.5 Å². The Bertz CT molecular complexity index is 1100. The van der Waals surface area contributed by atoms with Crippen molar-refractivity contribution >= 4 is 17.5 Å². The fourth-order valence-electron chi connectivity index (χ4n) is 3.96. The summed E-state index contributed by atoms with van der Waals surface area (Å²) >= 11 is 6.52. The number of hydrogen-bond donors (Lipinski definition) is 1. The summed E-state index contributed by atoms with van der Waals surface area (Å²) in [5.74, 6) is 0.112. The second-order valence-corrected chi connectivity index (χ2v) is 8.14. The highest BCUT2D eigenvalue weighted by molar-refractivity contribution is 6.33. The zero-order valence-electron chi connectivity index (χ0n) is 18.6. The zero-order chi connectivity index (χ0) is 23.4. The van der Waals surface area contributed by atoms with E-state index in [1.807, 2.05) is 24.3 Å². The maximum atomic E-state index is 13.3. The molecule has 0 spiro atoms. The number of rotatable bonds is 7. The Morgan fingerprint density at radius 2 is 1.85 bits per heavy atom.